The summed E-state index contributed by atoms with van der Waals surface area (Å²) in [7, 11) is 1.66. The molecule has 0 saturated heterocycles. The molecule has 0 N–H and O–H groups in total. The van der Waals surface area contributed by atoms with Crippen molar-refractivity contribution in [1.82, 2.24) is 0 Å². The van der Waals surface area contributed by atoms with Gasteiger partial charge in [0.15, 0.2) is 0 Å². The molecule has 1 fully saturated rings. The maximum Gasteiger partial charge on any atom is 0.144 e. The first-order chi connectivity index (χ1) is 4.44. The Morgan fingerprint density at radius 2 is 1.90 bits per heavy atom. The molecule has 0 heterocycles. The fourth-order valence-electron chi connectivity index (χ4n) is 1.26. The highest BCUT2D eigenvalue weighted by molar-refractivity contribution is 5.93. The number of methoxy groups -OCH3 is 1. The van der Waals surface area contributed by atoms with Gasteiger partial charge in [-0.2, -0.15) is 0 Å². The van der Waals surface area contributed by atoms with E-state index in [1.54, 1.807) is 7.11 Å². The van der Waals surface area contributed by atoms with E-state index in [9.17, 15) is 4.79 Å². The van der Waals surface area contributed by atoms with Gasteiger partial charge in [0.25, 0.3) is 0 Å². The van der Waals surface area contributed by atoms with Gasteiger partial charge in [0, 0.05) is 13.5 Å². The molecule has 1 atom stereocenters. The molecule has 0 spiro atoms. The van der Waals surface area contributed by atoms with E-state index in [2.05, 4.69) is 0 Å². The Bertz CT molecular complexity index is 172. The molecule has 0 aromatic heterocycles. The van der Waals surface area contributed by atoms with Crippen molar-refractivity contribution in [3.05, 3.63) is 0 Å². The van der Waals surface area contributed by atoms with Crippen LogP contribution < -0.4 is 0 Å². The maximum atomic E-state index is 11.0. The zero-order valence-electron chi connectivity index (χ0n) is 7.02. The molecular formula is C8H14O2. The highest BCUT2D eigenvalue weighted by Crippen LogP contribution is 2.47. The Hall–Kier alpha value is -0.370. The van der Waals surface area contributed by atoms with Crippen LogP contribution in [0.25, 0.3) is 0 Å². The Balaban J connectivity index is 2.80. The lowest BCUT2D eigenvalue weighted by molar-refractivity contribution is -0.179. The molecule has 0 aromatic rings. The molecule has 2 heteroatoms. The number of hydrogen-bond acceptors (Lipinski definition) is 2. The fraction of sp³-hybridized carbons (Fsp3) is 0.875. The summed E-state index contributed by atoms with van der Waals surface area (Å²) < 4.78 is 5.24. The molecular weight excluding hydrogens is 128 g/mol. The van der Waals surface area contributed by atoms with Crippen LogP contribution in [0.3, 0.4) is 0 Å². The van der Waals surface area contributed by atoms with Gasteiger partial charge in [-0.05, 0) is 6.92 Å². The molecule has 1 aliphatic carbocycles. The van der Waals surface area contributed by atoms with Gasteiger partial charge in [0.05, 0.1) is 11.0 Å². The van der Waals surface area contributed by atoms with E-state index in [-0.39, 0.29) is 11.0 Å². The van der Waals surface area contributed by atoms with Gasteiger partial charge >= 0.3 is 0 Å². The molecule has 1 aliphatic rings. The third kappa shape index (κ3) is 0.655. The van der Waals surface area contributed by atoms with Gasteiger partial charge in [-0.25, -0.2) is 0 Å². The molecule has 1 saturated carbocycles. The smallest absolute Gasteiger partial charge is 0.144 e. The molecule has 0 aromatic carbocycles. The van der Waals surface area contributed by atoms with E-state index in [1.165, 1.54) is 0 Å². The SMILES string of the molecule is CO[C@@]1(C)CC(=O)C1(C)C. The van der Waals surface area contributed by atoms with Crippen molar-refractivity contribution in [3.8, 4) is 0 Å². The number of ketones is 1. The number of rotatable bonds is 1. The van der Waals surface area contributed by atoms with E-state index in [0.717, 1.165) is 0 Å². The van der Waals surface area contributed by atoms with Crippen LogP contribution in [0.1, 0.15) is 27.2 Å². The van der Waals surface area contributed by atoms with Gasteiger partial charge < -0.3 is 4.74 Å². The lowest BCUT2D eigenvalue weighted by atomic mass is 9.58. The van der Waals surface area contributed by atoms with Crippen LogP contribution in [0.2, 0.25) is 0 Å². The fourth-order valence-corrected chi connectivity index (χ4v) is 1.26. The quantitative estimate of drug-likeness (QED) is 0.553. The summed E-state index contributed by atoms with van der Waals surface area (Å²) in [5.74, 6) is 0.303. The van der Waals surface area contributed by atoms with Crippen molar-refractivity contribution in [2.45, 2.75) is 32.8 Å². The minimum atomic E-state index is -0.276. The minimum absolute atomic E-state index is 0.218. The van der Waals surface area contributed by atoms with Crippen LogP contribution >= 0.6 is 0 Å². The van der Waals surface area contributed by atoms with Gasteiger partial charge in [-0.15, -0.1) is 0 Å². The first kappa shape index (κ1) is 7.73. The summed E-state index contributed by atoms with van der Waals surface area (Å²) in [5.41, 5.74) is -0.494. The number of carbonyl (C=O) groups is 1. The standard InChI is InChI=1S/C8H14O2/c1-7(2)6(9)5-8(7,3)10-4/h5H2,1-4H3/t8-/m0/s1. The van der Waals surface area contributed by atoms with Crippen LogP contribution in [-0.2, 0) is 9.53 Å². The number of ether oxygens (including phenoxy) is 1. The lowest BCUT2D eigenvalue weighted by Crippen LogP contribution is -2.60. The summed E-state index contributed by atoms with van der Waals surface area (Å²) in [6.07, 6.45) is 0.566. The zero-order valence-corrected chi connectivity index (χ0v) is 7.02. The normalized spacial score (nSPS) is 37.4. The van der Waals surface area contributed by atoms with E-state index in [4.69, 9.17) is 4.74 Å². The lowest BCUT2D eigenvalue weighted by Gasteiger charge is -2.50. The van der Waals surface area contributed by atoms with Gasteiger partial charge in [0.2, 0.25) is 0 Å². The van der Waals surface area contributed by atoms with Crippen LogP contribution in [0.5, 0.6) is 0 Å². The van der Waals surface area contributed by atoms with E-state index >= 15 is 0 Å². The minimum Gasteiger partial charge on any atom is -0.377 e. The first-order valence-corrected chi connectivity index (χ1v) is 3.52. The van der Waals surface area contributed by atoms with Gasteiger partial charge in [-0.1, -0.05) is 13.8 Å². The maximum absolute atomic E-state index is 11.0. The first-order valence-electron chi connectivity index (χ1n) is 3.52. The Labute approximate surface area is 61.6 Å². The zero-order chi connectivity index (χ0) is 7.99. The number of hydrogen-bond donors (Lipinski definition) is 0. The molecule has 1 rings (SSSR count). The molecule has 58 valence electrons. The monoisotopic (exact) mass is 142 g/mol. The van der Waals surface area contributed by atoms with Gasteiger partial charge in [0.1, 0.15) is 5.78 Å². The third-order valence-electron chi connectivity index (χ3n) is 2.97. The average Bonchev–Trinajstić information content (AvgIpc) is 1.88. The van der Waals surface area contributed by atoms with Crippen LogP contribution in [0.4, 0.5) is 0 Å². The Kier molecular flexibility index (Phi) is 1.40. The topological polar surface area (TPSA) is 26.3 Å². The van der Waals surface area contributed by atoms with Crippen molar-refractivity contribution in [1.29, 1.82) is 0 Å². The predicted octanol–water partition coefficient (Wildman–Crippen LogP) is 1.39. The number of Topliss-reactive ketones (excluding diaryl/α,β-unsaturated/α-hetero) is 1. The Morgan fingerprint density at radius 3 is 2.00 bits per heavy atom. The van der Waals surface area contributed by atoms with Crippen LogP contribution in [0, 0.1) is 5.41 Å². The largest absolute Gasteiger partial charge is 0.377 e. The molecule has 0 amide bonds. The van der Waals surface area contributed by atoms with E-state index in [1.807, 2.05) is 20.8 Å². The summed E-state index contributed by atoms with van der Waals surface area (Å²) in [5, 5.41) is 0. The summed E-state index contributed by atoms with van der Waals surface area (Å²) >= 11 is 0. The molecule has 0 unspecified atom stereocenters. The number of carbonyl (C=O) groups excluding carboxylic acids is 1. The molecule has 0 aliphatic heterocycles. The molecule has 10 heavy (non-hydrogen) atoms. The summed E-state index contributed by atoms with van der Waals surface area (Å²) in [6.45, 7) is 5.85. The third-order valence-corrected chi connectivity index (χ3v) is 2.97. The second kappa shape index (κ2) is 1.82. The van der Waals surface area contributed by atoms with Crippen molar-refractivity contribution in [3.63, 3.8) is 0 Å². The van der Waals surface area contributed by atoms with Crippen LogP contribution in [-0.4, -0.2) is 18.5 Å². The molecule has 0 bridgehead atoms. The van der Waals surface area contributed by atoms with E-state index in [0.29, 0.717) is 12.2 Å². The average molecular weight is 142 g/mol. The van der Waals surface area contributed by atoms with E-state index < -0.39 is 0 Å². The summed E-state index contributed by atoms with van der Waals surface area (Å²) in [6, 6.07) is 0. The van der Waals surface area contributed by atoms with Crippen LogP contribution in [0.15, 0.2) is 0 Å². The second-order valence-electron chi connectivity index (χ2n) is 3.66. The molecule has 2 nitrogen and oxygen atoms in total. The van der Waals surface area contributed by atoms with Gasteiger partial charge in [-0.3, -0.25) is 4.79 Å². The van der Waals surface area contributed by atoms with Crippen molar-refractivity contribution >= 4 is 5.78 Å². The Morgan fingerprint density at radius 1 is 1.40 bits per heavy atom. The predicted molar refractivity (Wildman–Crippen MR) is 38.8 cm³/mol. The molecule has 0 radical (unpaired) electrons. The summed E-state index contributed by atoms with van der Waals surface area (Å²) in [4.78, 5) is 11.0. The van der Waals surface area contributed by atoms with Crippen molar-refractivity contribution < 1.29 is 9.53 Å². The second-order valence-corrected chi connectivity index (χ2v) is 3.66. The highest BCUT2D eigenvalue weighted by Gasteiger charge is 2.57. The van der Waals surface area contributed by atoms with Crippen molar-refractivity contribution in [2.24, 2.45) is 5.41 Å². The van der Waals surface area contributed by atoms with Crippen molar-refractivity contribution in [2.75, 3.05) is 7.11 Å². The highest BCUT2D eigenvalue weighted by atomic mass is 16.5.